The predicted molar refractivity (Wildman–Crippen MR) is 259 cm³/mol. The highest BCUT2D eigenvalue weighted by molar-refractivity contribution is 6.06. The van der Waals surface area contributed by atoms with Gasteiger partial charge in [0.15, 0.2) is 0 Å². The quantitative estimate of drug-likeness (QED) is 0.162. The molecule has 0 saturated heterocycles. The Morgan fingerprint density at radius 1 is 0.238 bits per heavy atom. The predicted octanol–water partition coefficient (Wildman–Crippen LogP) is 15.5. The summed E-state index contributed by atoms with van der Waals surface area (Å²) < 4.78 is 0. The van der Waals surface area contributed by atoms with Crippen LogP contribution in [0.15, 0.2) is 237 Å². The zero-order chi connectivity index (χ0) is 41.3. The van der Waals surface area contributed by atoms with Gasteiger partial charge in [-0.15, -0.1) is 0 Å². The summed E-state index contributed by atoms with van der Waals surface area (Å²) in [6, 6.07) is 88.5. The van der Waals surface area contributed by atoms with Crippen LogP contribution in [0.2, 0.25) is 0 Å². The van der Waals surface area contributed by atoms with Gasteiger partial charge in [-0.2, -0.15) is 0 Å². The summed E-state index contributed by atoms with van der Waals surface area (Å²) in [6.45, 7) is 0. The van der Waals surface area contributed by atoms with Crippen LogP contribution in [0.1, 0.15) is 44.5 Å². The average Bonchev–Trinajstić information content (AvgIpc) is 4.04. The van der Waals surface area contributed by atoms with E-state index in [1.807, 2.05) is 0 Å². The van der Waals surface area contributed by atoms with Crippen molar-refractivity contribution in [2.45, 2.75) is 10.8 Å². The SMILES string of the molecule is c1ccc(N(c2ccc(-c3ccc4c(c3)C35c6ccccc6-c6cccc(c63)-c3cccc-4c35)cc2)c2ccc3c(c2)C(c2ccccc2)(c2ccccc2)c2ccccc2-3)cc1. The maximum atomic E-state index is 2.50. The summed E-state index contributed by atoms with van der Waals surface area (Å²) in [6.07, 6.45) is 0. The molecule has 1 atom stereocenters. The van der Waals surface area contributed by atoms with Crippen molar-refractivity contribution in [3.05, 3.63) is 281 Å². The average molecular weight is 798 g/mol. The van der Waals surface area contributed by atoms with Gasteiger partial charge in [0.05, 0.1) is 10.8 Å². The van der Waals surface area contributed by atoms with Gasteiger partial charge in [0.2, 0.25) is 0 Å². The fourth-order valence-corrected chi connectivity index (χ4v) is 12.3. The van der Waals surface area contributed by atoms with Gasteiger partial charge in [-0.1, -0.05) is 194 Å². The van der Waals surface area contributed by atoms with Crippen molar-refractivity contribution in [1.82, 2.24) is 0 Å². The molecule has 0 N–H and O–H groups in total. The zero-order valence-corrected chi connectivity index (χ0v) is 34.5. The lowest BCUT2D eigenvalue weighted by Gasteiger charge is -2.35. The minimum absolute atomic E-state index is 0.300. The Kier molecular flexibility index (Phi) is 7.03. The molecule has 10 aromatic rings. The van der Waals surface area contributed by atoms with Crippen LogP contribution in [0.5, 0.6) is 0 Å². The van der Waals surface area contributed by atoms with Crippen molar-refractivity contribution in [2.75, 3.05) is 4.90 Å². The zero-order valence-electron chi connectivity index (χ0n) is 34.5. The molecule has 0 radical (unpaired) electrons. The standard InChI is InChI=1S/C62H39N/c1-4-16-42(17-5-1)61(43-18-6-2-7-19-43)55-28-12-10-22-47(55)49-37-35-46(39-58(49)61)63(44-20-8-3-9-21-44)45-33-30-40(31-34-45)41-32-36-50-52-25-15-27-54-53-26-14-24-51-48-23-11-13-29-56(48)62(59(51)53,60(52)54)57(50)38-41/h1-39H. The van der Waals surface area contributed by atoms with Gasteiger partial charge in [0.25, 0.3) is 0 Å². The molecule has 292 valence electrons. The van der Waals surface area contributed by atoms with E-state index in [1.165, 1.54) is 100 Å². The van der Waals surface area contributed by atoms with E-state index in [2.05, 4.69) is 241 Å². The van der Waals surface area contributed by atoms with Crippen LogP contribution in [-0.2, 0) is 10.8 Å². The molecule has 0 fully saturated rings. The molecule has 0 aromatic heterocycles. The Labute approximate surface area is 367 Å². The van der Waals surface area contributed by atoms with Crippen LogP contribution >= 0.6 is 0 Å². The molecule has 0 saturated carbocycles. The third-order valence-electron chi connectivity index (χ3n) is 14.7. The second kappa shape index (κ2) is 12.8. The van der Waals surface area contributed by atoms with Crippen LogP contribution in [0.3, 0.4) is 0 Å². The number of hydrogen-bond donors (Lipinski definition) is 0. The van der Waals surface area contributed by atoms with Crippen LogP contribution in [0, 0.1) is 0 Å². The first-order valence-corrected chi connectivity index (χ1v) is 22.1. The van der Waals surface area contributed by atoms with Gasteiger partial charge in [-0.25, -0.2) is 0 Å². The lowest BCUT2D eigenvalue weighted by atomic mass is 9.67. The van der Waals surface area contributed by atoms with Crippen LogP contribution < -0.4 is 4.90 Å². The normalized spacial score (nSPS) is 15.8. The molecule has 1 nitrogen and oxygen atoms in total. The fraction of sp³-hybridized carbons (Fsp3) is 0.0323. The number of rotatable bonds is 6. The second-order valence-electron chi connectivity index (χ2n) is 17.5. The first-order chi connectivity index (χ1) is 31.3. The van der Waals surface area contributed by atoms with E-state index >= 15 is 0 Å². The number of hydrogen-bond acceptors (Lipinski definition) is 1. The van der Waals surface area contributed by atoms with Gasteiger partial charge in [0, 0.05) is 17.1 Å². The highest BCUT2D eigenvalue weighted by atomic mass is 15.1. The number of fused-ring (bicyclic) bond motifs is 8. The van der Waals surface area contributed by atoms with Crippen molar-refractivity contribution < 1.29 is 0 Å². The molecule has 4 aliphatic rings. The molecule has 0 amide bonds. The van der Waals surface area contributed by atoms with E-state index in [4.69, 9.17) is 0 Å². The molecule has 63 heavy (non-hydrogen) atoms. The summed E-state index contributed by atoms with van der Waals surface area (Å²) >= 11 is 0. The molecule has 4 aliphatic carbocycles. The molecule has 0 heterocycles. The Morgan fingerprint density at radius 2 is 0.635 bits per heavy atom. The van der Waals surface area contributed by atoms with Crippen molar-refractivity contribution in [1.29, 1.82) is 0 Å². The molecule has 10 aromatic carbocycles. The van der Waals surface area contributed by atoms with E-state index in [0.29, 0.717) is 0 Å². The van der Waals surface area contributed by atoms with Gasteiger partial charge in [-0.05, 0) is 143 Å². The molecule has 1 heteroatoms. The third kappa shape index (κ3) is 4.41. The topological polar surface area (TPSA) is 3.24 Å². The van der Waals surface area contributed by atoms with Crippen molar-refractivity contribution in [3.63, 3.8) is 0 Å². The van der Waals surface area contributed by atoms with Crippen molar-refractivity contribution >= 4 is 17.1 Å². The first kappa shape index (κ1) is 34.7. The first-order valence-electron chi connectivity index (χ1n) is 22.1. The molecular formula is C62H39N. The van der Waals surface area contributed by atoms with Crippen molar-refractivity contribution in [2.24, 2.45) is 0 Å². The van der Waals surface area contributed by atoms with Crippen LogP contribution in [0.25, 0.3) is 55.6 Å². The monoisotopic (exact) mass is 797 g/mol. The minimum atomic E-state index is -0.482. The molecular weight excluding hydrogens is 759 g/mol. The largest absolute Gasteiger partial charge is 0.310 e. The van der Waals surface area contributed by atoms with Gasteiger partial charge < -0.3 is 4.90 Å². The summed E-state index contributed by atoms with van der Waals surface area (Å²) in [5.41, 5.74) is 26.6. The number of benzene rings is 10. The van der Waals surface area contributed by atoms with E-state index in [0.717, 1.165) is 17.1 Å². The molecule has 1 spiro atoms. The summed E-state index contributed by atoms with van der Waals surface area (Å²) in [5, 5.41) is 0. The maximum absolute atomic E-state index is 2.50. The Bertz CT molecular complexity index is 3420. The van der Waals surface area contributed by atoms with Gasteiger partial charge in [0.1, 0.15) is 0 Å². The minimum Gasteiger partial charge on any atom is -0.310 e. The van der Waals surface area contributed by atoms with E-state index in [1.54, 1.807) is 0 Å². The Balaban J connectivity index is 0.920. The molecule has 0 bridgehead atoms. The molecule has 14 rings (SSSR count). The van der Waals surface area contributed by atoms with E-state index < -0.39 is 5.41 Å². The summed E-state index contributed by atoms with van der Waals surface area (Å²) in [7, 11) is 0. The van der Waals surface area contributed by atoms with Crippen molar-refractivity contribution in [3.8, 4) is 55.6 Å². The van der Waals surface area contributed by atoms with E-state index in [9.17, 15) is 0 Å². The Hall–Kier alpha value is -8.00. The maximum Gasteiger partial charge on any atom is 0.0737 e. The van der Waals surface area contributed by atoms with Crippen LogP contribution in [-0.4, -0.2) is 0 Å². The number of anilines is 3. The number of nitrogens with zero attached hydrogens (tertiary/aromatic N) is 1. The fourth-order valence-electron chi connectivity index (χ4n) is 12.3. The Morgan fingerprint density at radius 3 is 1.25 bits per heavy atom. The summed E-state index contributed by atoms with van der Waals surface area (Å²) in [5.74, 6) is 0. The highest BCUT2D eigenvalue weighted by Gasteiger charge is 2.57. The van der Waals surface area contributed by atoms with E-state index in [-0.39, 0.29) is 5.41 Å². The lowest BCUT2D eigenvalue weighted by molar-refractivity contribution is 0.768. The second-order valence-corrected chi connectivity index (χ2v) is 17.5. The molecule has 0 aliphatic heterocycles. The van der Waals surface area contributed by atoms with Crippen LogP contribution in [0.4, 0.5) is 17.1 Å². The highest BCUT2D eigenvalue weighted by Crippen LogP contribution is 2.70. The summed E-state index contributed by atoms with van der Waals surface area (Å²) in [4.78, 5) is 2.42. The van der Waals surface area contributed by atoms with Gasteiger partial charge >= 0.3 is 0 Å². The lowest BCUT2D eigenvalue weighted by Crippen LogP contribution is -2.28. The molecule has 1 unspecified atom stereocenters. The van der Waals surface area contributed by atoms with Gasteiger partial charge in [-0.3, -0.25) is 0 Å². The smallest absolute Gasteiger partial charge is 0.0737 e. The third-order valence-corrected chi connectivity index (χ3v) is 14.7. The number of para-hydroxylation sites is 1.